The highest BCUT2D eigenvalue weighted by Crippen LogP contribution is 2.47. The SMILES string of the molecule is COc1c(N(C)CCN(C)C)sc(C(=O)C2CC2)c1N. The second kappa shape index (κ2) is 6.01. The molecule has 0 amide bonds. The lowest BCUT2D eigenvalue weighted by molar-refractivity contribution is 0.0972. The minimum Gasteiger partial charge on any atom is -0.492 e. The fourth-order valence-electron chi connectivity index (χ4n) is 2.03. The molecule has 1 aliphatic rings. The molecule has 0 bridgehead atoms. The van der Waals surface area contributed by atoms with E-state index in [0.29, 0.717) is 16.3 Å². The third-order valence-electron chi connectivity index (χ3n) is 3.49. The number of carbonyl (C=O) groups excluding carboxylic acids is 1. The smallest absolute Gasteiger partial charge is 0.178 e. The number of thiophene rings is 1. The topological polar surface area (TPSA) is 58.8 Å². The summed E-state index contributed by atoms with van der Waals surface area (Å²) < 4.78 is 5.41. The van der Waals surface area contributed by atoms with E-state index in [1.165, 1.54) is 11.3 Å². The molecule has 1 aliphatic carbocycles. The first-order valence-corrected chi connectivity index (χ1v) is 7.63. The van der Waals surface area contributed by atoms with Gasteiger partial charge >= 0.3 is 0 Å². The number of nitrogens with two attached hydrogens (primary N) is 1. The van der Waals surface area contributed by atoms with Crippen LogP contribution in [-0.2, 0) is 0 Å². The zero-order valence-corrected chi connectivity index (χ0v) is 13.4. The number of ether oxygens (including phenoxy) is 1. The number of Topliss-reactive ketones (excluding diaryl/α,β-unsaturated/α-hetero) is 1. The quantitative estimate of drug-likeness (QED) is 0.779. The number of hydrogen-bond acceptors (Lipinski definition) is 6. The maximum absolute atomic E-state index is 12.2. The Labute approximate surface area is 124 Å². The molecule has 1 aromatic heterocycles. The van der Waals surface area contributed by atoms with Gasteiger partial charge in [-0.15, -0.1) is 11.3 Å². The van der Waals surface area contributed by atoms with Gasteiger partial charge in [-0.25, -0.2) is 0 Å². The second-order valence-corrected chi connectivity index (χ2v) is 6.55. The van der Waals surface area contributed by atoms with E-state index in [2.05, 4.69) is 9.80 Å². The normalized spacial score (nSPS) is 14.7. The Morgan fingerprint density at radius 2 is 2.00 bits per heavy atom. The summed E-state index contributed by atoms with van der Waals surface area (Å²) in [7, 11) is 7.68. The van der Waals surface area contributed by atoms with E-state index < -0.39 is 0 Å². The molecule has 0 aliphatic heterocycles. The standard InChI is InChI=1S/C14H23N3O2S/c1-16(2)7-8-17(3)14-12(19-4)10(15)13(20-14)11(18)9-5-6-9/h9H,5-8,15H2,1-4H3. The van der Waals surface area contributed by atoms with Gasteiger partial charge < -0.3 is 20.3 Å². The largest absolute Gasteiger partial charge is 0.492 e. The van der Waals surface area contributed by atoms with E-state index >= 15 is 0 Å². The molecule has 1 saturated carbocycles. The van der Waals surface area contributed by atoms with Crippen molar-refractivity contribution in [1.29, 1.82) is 0 Å². The average Bonchev–Trinajstić information content (AvgIpc) is 3.19. The minimum absolute atomic E-state index is 0.179. The van der Waals surface area contributed by atoms with Crippen LogP contribution in [0.15, 0.2) is 0 Å². The van der Waals surface area contributed by atoms with Crippen LogP contribution < -0.4 is 15.4 Å². The van der Waals surface area contributed by atoms with E-state index in [1.54, 1.807) is 7.11 Å². The number of likely N-dealkylation sites (N-methyl/N-ethyl adjacent to an activating group) is 2. The highest BCUT2D eigenvalue weighted by atomic mass is 32.1. The molecule has 112 valence electrons. The van der Waals surface area contributed by atoms with Crippen molar-refractivity contribution in [2.75, 3.05) is 52.0 Å². The molecule has 0 saturated heterocycles. The zero-order valence-electron chi connectivity index (χ0n) is 12.6. The fraction of sp³-hybridized carbons (Fsp3) is 0.643. The van der Waals surface area contributed by atoms with Crippen molar-refractivity contribution in [3.05, 3.63) is 4.88 Å². The van der Waals surface area contributed by atoms with Crippen LogP contribution in [0.2, 0.25) is 0 Å². The fourth-order valence-corrected chi connectivity index (χ4v) is 3.23. The predicted molar refractivity (Wildman–Crippen MR) is 84.2 cm³/mol. The van der Waals surface area contributed by atoms with Crippen LogP contribution in [0.1, 0.15) is 22.5 Å². The van der Waals surface area contributed by atoms with Gasteiger partial charge in [0, 0.05) is 26.1 Å². The Kier molecular flexibility index (Phi) is 4.55. The molecular formula is C14H23N3O2S. The molecule has 6 heteroatoms. The molecule has 2 N–H and O–H groups in total. The van der Waals surface area contributed by atoms with Gasteiger partial charge in [0.1, 0.15) is 5.00 Å². The zero-order chi connectivity index (χ0) is 14.9. The third kappa shape index (κ3) is 3.07. The molecule has 0 aromatic carbocycles. The lowest BCUT2D eigenvalue weighted by Gasteiger charge is -2.20. The summed E-state index contributed by atoms with van der Waals surface area (Å²) in [5, 5.41) is 0.941. The van der Waals surface area contributed by atoms with Crippen molar-refractivity contribution in [3.63, 3.8) is 0 Å². The molecule has 1 heterocycles. The van der Waals surface area contributed by atoms with Crippen LogP contribution in [0.3, 0.4) is 0 Å². The number of ketones is 1. The van der Waals surface area contributed by atoms with Crippen molar-refractivity contribution in [1.82, 2.24) is 4.90 Å². The van der Waals surface area contributed by atoms with Crippen molar-refractivity contribution in [2.24, 2.45) is 5.92 Å². The first kappa shape index (κ1) is 15.1. The summed E-state index contributed by atoms with van der Waals surface area (Å²) >= 11 is 1.45. The summed E-state index contributed by atoms with van der Waals surface area (Å²) in [5.74, 6) is 0.999. The lowest BCUT2D eigenvalue weighted by Crippen LogP contribution is -2.28. The minimum atomic E-state index is 0.179. The van der Waals surface area contributed by atoms with Crippen LogP contribution in [0.5, 0.6) is 5.75 Å². The molecule has 1 fully saturated rings. The monoisotopic (exact) mass is 297 g/mol. The van der Waals surface area contributed by atoms with E-state index in [1.807, 2.05) is 21.1 Å². The molecule has 0 spiro atoms. The summed E-state index contributed by atoms with van der Waals surface area (Å²) in [6.07, 6.45) is 1.98. The van der Waals surface area contributed by atoms with E-state index in [-0.39, 0.29) is 11.7 Å². The average molecular weight is 297 g/mol. The number of nitrogen functional groups attached to an aromatic ring is 1. The van der Waals surface area contributed by atoms with Gasteiger partial charge in [0.05, 0.1) is 17.7 Å². The number of hydrogen-bond donors (Lipinski definition) is 1. The maximum atomic E-state index is 12.2. The number of nitrogens with zero attached hydrogens (tertiary/aromatic N) is 2. The Balaban J connectivity index is 2.23. The highest BCUT2D eigenvalue weighted by Gasteiger charge is 2.34. The van der Waals surface area contributed by atoms with Gasteiger partial charge in [0.15, 0.2) is 11.5 Å². The Morgan fingerprint density at radius 3 is 2.50 bits per heavy atom. The van der Waals surface area contributed by atoms with E-state index in [4.69, 9.17) is 10.5 Å². The van der Waals surface area contributed by atoms with Crippen LogP contribution >= 0.6 is 11.3 Å². The van der Waals surface area contributed by atoms with Crippen molar-refractivity contribution in [3.8, 4) is 5.75 Å². The maximum Gasteiger partial charge on any atom is 0.178 e. The highest BCUT2D eigenvalue weighted by molar-refractivity contribution is 7.19. The first-order chi connectivity index (χ1) is 9.45. The van der Waals surface area contributed by atoms with E-state index in [9.17, 15) is 4.79 Å². The van der Waals surface area contributed by atoms with Gasteiger partial charge in [-0.2, -0.15) is 0 Å². The Morgan fingerprint density at radius 1 is 1.35 bits per heavy atom. The summed E-state index contributed by atoms with van der Waals surface area (Å²) in [4.78, 5) is 17.1. The van der Waals surface area contributed by atoms with Gasteiger partial charge in [-0.05, 0) is 26.9 Å². The molecule has 0 radical (unpaired) electrons. The Hall–Kier alpha value is -1.27. The summed E-state index contributed by atoms with van der Waals surface area (Å²) in [5.41, 5.74) is 6.60. The number of rotatable bonds is 7. The predicted octanol–water partition coefficient (Wildman–Crippen LogP) is 1.93. The van der Waals surface area contributed by atoms with Gasteiger partial charge in [-0.1, -0.05) is 0 Å². The second-order valence-electron chi connectivity index (χ2n) is 5.55. The first-order valence-electron chi connectivity index (χ1n) is 6.82. The van der Waals surface area contributed by atoms with Crippen molar-refractivity contribution < 1.29 is 9.53 Å². The van der Waals surface area contributed by atoms with E-state index in [0.717, 1.165) is 30.9 Å². The molecule has 5 nitrogen and oxygen atoms in total. The third-order valence-corrected chi connectivity index (χ3v) is 4.80. The van der Waals surface area contributed by atoms with Gasteiger partial charge in [0.25, 0.3) is 0 Å². The number of anilines is 2. The molecule has 2 rings (SSSR count). The lowest BCUT2D eigenvalue weighted by atomic mass is 10.2. The molecular weight excluding hydrogens is 274 g/mol. The van der Waals surface area contributed by atoms with Crippen LogP contribution in [0.25, 0.3) is 0 Å². The van der Waals surface area contributed by atoms with Crippen LogP contribution in [0, 0.1) is 5.92 Å². The van der Waals surface area contributed by atoms with Crippen LogP contribution in [-0.4, -0.2) is 52.0 Å². The van der Waals surface area contributed by atoms with Gasteiger partial charge in [0.2, 0.25) is 0 Å². The van der Waals surface area contributed by atoms with Crippen LogP contribution in [0.4, 0.5) is 10.7 Å². The van der Waals surface area contributed by atoms with Gasteiger partial charge in [-0.3, -0.25) is 4.79 Å². The number of carbonyl (C=O) groups is 1. The summed E-state index contributed by atoms with van der Waals surface area (Å²) in [6.45, 7) is 1.80. The summed E-state index contributed by atoms with van der Waals surface area (Å²) in [6, 6.07) is 0. The Bertz CT molecular complexity index is 495. The number of methoxy groups -OCH3 is 1. The van der Waals surface area contributed by atoms with Crippen molar-refractivity contribution in [2.45, 2.75) is 12.8 Å². The molecule has 20 heavy (non-hydrogen) atoms. The van der Waals surface area contributed by atoms with Crippen molar-refractivity contribution >= 4 is 27.8 Å². The molecule has 1 aromatic rings. The molecule has 0 atom stereocenters. The molecule has 0 unspecified atom stereocenters.